The molecule has 3 rings (SSSR count). The summed E-state index contributed by atoms with van der Waals surface area (Å²) in [6.45, 7) is 4.27. The van der Waals surface area contributed by atoms with Gasteiger partial charge in [-0.2, -0.15) is 0 Å². The fourth-order valence-corrected chi connectivity index (χ4v) is 3.17. The third-order valence-corrected chi connectivity index (χ3v) is 4.33. The van der Waals surface area contributed by atoms with Gasteiger partial charge in [0, 0.05) is 23.9 Å². The molecule has 0 saturated heterocycles. The highest BCUT2D eigenvalue weighted by atomic mass is 32.2. The molecule has 0 amide bonds. The van der Waals surface area contributed by atoms with Crippen molar-refractivity contribution in [2.24, 2.45) is 0 Å². The van der Waals surface area contributed by atoms with Crippen LogP contribution >= 0.6 is 11.8 Å². The van der Waals surface area contributed by atoms with Crippen LogP contribution in [0.25, 0.3) is 11.6 Å². The van der Waals surface area contributed by atoms with Gasteiger partial charge >= 0.3 is 0 Å². The summed E-state index contributed by atoms with van der Waals surface area (Å²) in [4.78, 5) is 10.7. The maximum atomic E-state index is 11.1. The molecule has 0 N–H and O–H groups in total. The van der Waals surface area contributed by atoms with Crippen molar-refractivity contribution < 1.29 is 9.34 Å². The number of hydrogen-bond acceptors (Lipinski definition) is 6. The first kappa shape index (κ1) is 16.0. The second-order valence-electron chi connectivity index (χ2n) is 4.86. The van der Waals surface area contributed by atoms with E-state index in [9.17, 15) is 10.1 Å². The molecular weight excluding hydrogens is 328 g/mol. The van der Waals surface area contributed by atoms with Gasteiger partial charge < -0.3 is 4.42 Å². The van der Waals surface area contributed by atoms with Crippen LogP contribution in [0, 0.1) is 10.1 Å². The lowest BCUT2D eigenvalue weighted by atomic mass is 10.2. The summed E-state index contributed by atoms with van der Waals surface area (Å²) in [6.07, 6.45) is 3.31. The number of rotatable bonds is 7. The Labute approximate surface area is 142 Å². The number of nitro benzene ring substituents is 1. The van der Waals surface area contributed by atoms with Gasteiger partial charge in [0.2, 0.25) is 5.82 Å². The first-order valence-corrected chi connectivity index (χ1v) is 8.12. The standard InChI is InChI=1S/C16H14N4O3S/c1-2-9-19-15(14-8-5-10-23-14)17-18-16(19)24-11-12-6-3-4-7-13(12)20(21)22/h2-8,10H,1,9,11H2. The normalized spacial score (nSPS) is 10.7. The van der Waals surface area contributed by atoms with Gasteiger partial charge in [0.25, 0.3) is 5.69 Å². The van der Waals surface area contributed by atoms with Gasteiger partial charge in [-0.25, -0.2) is 0 Å². The average molecular weight is 342 g/mol. The average Bonchev–Trinajstić information content (AvgIpc) is 3.23. The zero-order valence-electron chi connectivity index (χ0n) is 12.7. The minimum Gasteiger partial charge on any atom is -0.461 e. The molecule has 7 nitrogen and oxygen atoms in total. The van der Waals surface area contributed by atoms with E-state index >= 15 is 0 Å². The molecule has 0 fully saturated rings. The third-order valence-electron chi connectivity index (χ3n) is 3.32. The van der Waals surface area contributed by atoms with Gasteiger partial charge in [0.05, 0.1) is 11.2 Å². The van der Waals surface area contributed by atoms with E-state index in [0.717, 1.165) is 0 Å². The molecule has 0 radical (unpaired) electrons. The number of nitro groups is 1. The Kier molecular flexibility index (Phi) is 4.76. The first-order chi connectivity index (χ1) is 11.7. The molecule has 0 aliphatic carbocycles. The van der Waals surface area contributed by atoms with Crippen molar-refractivity contribution >= 4 is 17.4 Å². The SMILES string of the molecule is C=CCn1c(SCc2ccccc2[N+](=O)[O-])nnc1-c1ccco1. The van der Waals surface area contributed by atoms with Crippen molar-refractivity contribution in [3.8, 4) is 11.6 Å². The van der Waals surface area contributed by atoms with Gasteiger partial charge in [0.1, 0.15) is 0 Å². The second-order valence-corrected chi connectivity index (χ2v) is 5.80. The number of furan rings is 1. The van der Waals surface area contributed by atoms with E-state index in [4.69, 9.17) is 4.42 Å². The highest BCUT2D eigenvalue weighted by Crippen LogP contribution is 2.29. The number of nitrogens with zero attached hydrogens (tertiary/aromatic N) is 4. The fraction of sp³-hybridized carbons (Fsp3) is 0.125. The summed E-state index contributed by atoms with van der Waals surface area (Å²) in [7, 11) is 0. The Morgan fingerprint density at radius 2 is 2.12 bits per heavy atom. The smallest absolute Gasteiger partial charge is 0.273 e. The first-order valence-electron chi connectivity index (χ1n) is 7.13. The quantitative estimate of drug-likeness (QED) is 0.280. The topological polar surface area (TPSA) is 87.0 Å². The molecule has 0 atom stereocenters. The molecule has 0 unspecified atom stereocenters. The molecule has 0 aliphatic heterocycles. The van der Waals surface area contributed by atoms with E-state index < -0.39 is 0 Å². The molecule has 0 spiro atoms. The largest absolute Gasteiger partial charge is 0.461 e. The molecule has 8 heteroatoms. The summed E-state index contributed by atoms with van der Waals surface area (Å²) in [5.41, 5.74) is 0.742. The zero-order chi connectivity index (χ0) is 16.9. The van der Waals surface area contributed by atoms with Crippen LogP contribution in [0.4, 0.5) is 5.69 Å². The number of allylic oxidation sites excluding steroid dienone is 1. The van der Waals surface area contributed by atoms with Crippen molar-refractivity contribution in [2.45, 2.75) is 17.5 Å². The Bertz CT molecular complexity index is 858. The minimum absolute atomic E-state index is 0.103. The van der Waals surface area contributed by atoms with Crippen LogP contribution in [-0.2, 0) is 12.3 Å². The van der Waals surface area contributed by atoms with Crippen molar-refractivity contribution in [3.05, 3.63) is 71.0 Å². The molecule has 2 heterocycles. The molecule has 1 aromatic carbocycles. The van der Waals surface area contributed by atoms with E-state index in [2.05, 4.69) is 16.8 Å². The van der Waals surface area contributed by atoms with E-state index in [-0.39, 0.29) is 10.6 Å². The molecule has 3 aromatic rings. The molecule has 0 bridgehead atoms. The number of hydrogen-bond donors (Lipinski definition) is 0. The van der Waals surface area contributed by atoms with Crippen molar-refractivity contribution in [1.82, 2.24) is 14.8 Å². The highest BCUT2D eigenvalue weighted by molar-refractivity contribution is 7.98. The Morgan fingerprint density at radius 1 is 1.29 bits per heavy atom. The van der Waals surface area contributed by atoms with Crippen LogP contribution in [0.15, 0.2) is 64.9 Å². The van der Waals surface area contributed by atoms with Crippen molar-refractivity contribution in [2.75, 3.05) is 0 Å². The predicted octanol–water partition coefficient (Wildman–Crippen LogP) is 3.92. The van der Waals surface area contributed by atoms with Crippen LogP contribution in [0.1, 0.15) is 5.56 Å². The lowest BCUT2D eigenvalue weighted by Crippen LogP contribution is -2.00. The molecule has 0 aliphatic rings. The number of para-hydroxylation sites is 1. The van der Waals surface area contributed by atoms with Crippen LogP contribution in [0.3, 0.4) is 0 Å². The zero-order valence-corrected chi connectivity index (χ0v) is 13.5. The third kappa shape index (κ3) is 3.23. The van der Waals surface area contributed by atoms with Gasteiger partial charge in [-0.1, -0.05) is 36.0 Å². The fourth-order valence-electron chi connectivity index (χ4n) is 2.23. The minimum atomic E-state index is -0.376. The summed E-state index contributed by atoms with van der Waals surface area (Å²) < 4.78 is 7.24. The number of aromatic nitrogens is 3. The monoisotopic (exact) mass is 342 g/mol. The summed E-state index contributed by atoms with van der Waals surface area (Å²) in [5, 5.41) is 20.1. The van der Waals surface area contributed by atoms with Crippen LogP contribution in [0.5, 0.6) is 0 Å². The van der Waals surface area contributed by atoms with Crippen LogP contribution in [-0.4, -0.2) is 19.7 Å². The van der Waals surface area contributed by atoms with Gasteiger partial charge in [0.15, 0.2) is 10.9 Å². The molecular formula is C16H14N4O3S. The number of thioether (sulfide) groups is 1. The molecule has 122 valence electrons. The predicted molar refractivity (Wildman–Crippen MR) is 90.6 cm³/mol. The Hall–Kier alpha value is -2.87. The summed E-state index contributed by atoms with van der Waals surface area (Å²) in [5.74, 6) is 1.64. The van der Waals surface area contributed by atoms with Gasteiger partial charge in [-0.3, -0.25) is 14.7 Å². The maximum absolute atomic E-state index is 11.1. The van der Waals surface area contributed by atoms with Crippen LogP contribution in [0.2, 0.25) is 0 Å². The summed E-state index contributed by atoms with van der Waals surface area (Å²) in [6, 6.07) is 10.3. The molecule has 2 aromatic heterocycles. The number of benzene rings is 1. The summed E-state index contributed by atoms with van der Waals surface area (Å²) >= 11 is 1.39. The van der Waals surface area contributed by atoms with E-state index in [1.165, 1.54) is 17.8 Å². The van der Waals surface area contributed by atoms with Crippen molar-refractivity contribution in [3.63, 3.8) is 0 Å². The lowest BCUT2D eigenvalue weighted by Gasteiger charge is -2.06. The highest BCUT2D eigenvalue weighted by Gasteiger charge is 2.18. The molecule has 0 saturated carbocycles. The Morgan fingerprint density at radius 3 is 2.83 bits per heavy atom. The van der Waals surface area contributed by atoms with E-state index in [1.807, 2.05) is 4.57 Å². The van der Waals surface area contributed by atoms with Gasteiger partial charge in [-0.05, 0) is 12.1 Å². The van der Waals surface area contributed by atoms with E-state index in [1.54, 1.807) is 42.7 Å². The van der Waals surface area contributed by atoms with Crippen molar-refractivity contribution in [1.29, 1.82) is 0 Å². The van der Waals surface area contributed by atoms with Crippen LogP contribution < -0.4 is 0 Å². The molecule has 24 heavy (non-hydrogen) atoms. The Balaban J connectivity index is 1.86. The van der Waals surface area contributed by atoms with Gasteiger partial charge in [-0.15, -0.1) is 16.8 Å². The maximum Gasteiger partial charge on any atom is 0.273 e. The lowest BCUT2D eigenvalue weighted by molar-refractivity contribution is -0.385. The second kappa shape index (κ2) is 7.14. The van der Waals surface area contributed by atoms with E-state index in [0.29, 0.717) is 34.6 Å².